The minimum absolute atomic E-state index is 0.0388. The van der Waals surface area contributed by atoms with Gasteiger partial charge in [0.05, 0.1) is 35.3 Å². The molecule has 0 fully saturated rings. The summed E-state index contributed by atoms with van der Waals surface area (Å²) in [6.07, 6.45) is 1.49. The Morgan fingerprint density at radius 1 is 1.03 bits per heavy atom. The van der Waals surface area contributed by atoms with Crippen LogP contribution in [0.15, 0.2) is 76.7 Å². The van der Waals surface area contributed by atoms with Crippen LogP contribution in [0.3, 0.4) is 0 Å². The van der Waals surface area contributed by atoms with Crippen molar-refractivity contribution in [3.63, 3.8) is 0 Å². The SMILES string of the molecule is Cc1csc(N(C(=O)c2ccc3c(c2)C(=O)N(Cc2ccco2)C3=O)c2ccccc2)n1. The number of thiazole rings is 1. The van der Waals surface area contributed by atoms with Crippen LogP contribution in [0.2, 0.25) is 0 Å². The smallest absolute Gasteiger partial charge is 0.264 e. The number of imide groups is 1. The summed E-state index contributed by atoms with van der Waals surface area (Å²) in [4.78, 5) is 46.4. The molecule has 4 aromatic rings. The van der Waals surface area contributed by atoms with Gasteiger partial charge in [-0.25, -0.2) is 4.98 Å². The number of amides is 3. The molecule has 3 amide bonds. The number of aryl methyl sites for hydroxylation is 1. The van der Waals surface area contributed by atoms with E-state index < -0.39 is 11.8 Å². The van der Waals surface area contributed by atoms with E-state index in [1.807, 2.05) is 42.6 Å². The van der Waals surface area contributed by atoms with E-state index in [1.165, 1.54) is 34.6 Å². The van der Waals surface area contributed by atoms with E-state index in [9.17, 15) is 14.4 Å². The van der Waals surface area contributed by atoms with E-state index >= 15 is 0 Å². The van der Waals surface area contributed by atoms with Crippen molar-refractivity contribution < 1.29 is 18.8 Å². The highest BCUT2D eigenvalue weighted by molar-refractivity contribution is 7.14. The van der Waals surface area contributed by atoms with Gasteiger partial charge in [0.1, 0.15) is 5.76 Å². The second-order valence-electron chi connectivity index (χ2n) is 7.28. The Labute approximate surface area is 187 Å². The van der Waals surface area contributed by atoms with Crippen LogP contribution in [0.4, 0.5) is 10.8 Å². The molecular weight excluding hydrogens is 426 g/mol. The van der Waals surface area contributed by atoms with Gasteiger partial charge in [0.25, 0.3) is 17.7 Å². The van der Waals surface area contributed by atoms with E-state index in [2.05, 4.69) is 4.98 Å². The van der Waals surface area contributed by atoms with Gasteiger partial charge in [-0.05, 0) is 49.4 Å². The summed E-state index contributed by atoms with van der Waals surface area (Å²) in [6.45, 7) is 1.90. The maximum absolute atomic E-state index is 13.5. The third-order valence-electron chi connectivity index (χ3n) is 5.13. The summed E-state index contributed by atoms with van der Waals surface area (Å²) in [5.41, 5.74) is 2.24. The van der Waals surface area contributed by atoms with Crippen molar-refractivity contribution >= 4 is 39.9 Å². The number of aromatic nitrogens is 1. The number of carbonyl (C=O) groups is 3. The highest BCUT2D eigenvalue weighted by Gasteiger charge is 2.37. The molecular formula is C24H17N3O4S. The summed E-state index contributed by atoms with van der Waals surface area (Å²) in [7, 11) is 0. The van der Waals surface area contributed by atoms with E-state index in [-0.39, 0.29) is 23.6 Å². The number of rotatable bonds is 5. The lowest BCUT2D eigenvalue weighted by Gasteiger charge is -2.20. The molecule has 7 nitrogen and oxygen atoms in total. The number of hydrogen-bond acceptors (Lipinski definition) is 6. The minimum atomic E-state index is -0.451. The molecule has 0 aliphatic carbocycles. The van der Waals surface area contributed by atoms with Crippen LogP contribution in [0.25, 0.3) is 0 Å². The molecule has 0 saturated heterocycles. The second-order valence-corrected chi connectivity index (χ2v) is 8.12. The first-order valence-electron chi connectivity index (χ1n) is 9.87. The molecule has 2 aromatic carbocycles. The topological polar surface area (TPSA) is 83.7 Å². The van der Waals surface area contributed by atoms with Crippen molar-refractivity contribution in [3.8, 4) is 0 Å². The number of anilines is 2. The van der Waals surface area contributed by atoms with Gasteiger partial charge in [-0.15, -0.1) is 11.3 Å². The molecule has 0 saturated carbocycles. The quantitative estimate of drug-likeness (QED) is 0.413. The summed E-state index contributed by atoms with van der Waals surface area (Å²) >= 11 is 1.36. The average molecular weight is 443 g/mol. The van der Waals surface area contributed by atoms with Crippen molar-refractivity contribution in [1.82, 2.24) is 9.88 Å². The minimum Gasteiger partial charge on any atom is -0.467 e. The zero-order valence-electron chi connectivity index (χ0n) is 17.0. The van der Waals surface area contributed by atoms with E-state index in [0.29, 0.717) is 22.1 Å². The monoisotopic (exact) mass is 443 g/mol. The fourth-order valence-electron chi connectivity index (χ4n) is 3.59. The Morgan fingerprint density at radius 3 is 2.50 bits per heavy atom. The van der Waals surface area contributed by atoms with Crippen LogP contribution in [0, 0.1) is 6.92 Å². The molecule has 8 heteroatoms. The lowest BCUT2D eigenvalue weighted by atomic mass is 10.0. The lowest BCUT2D eigenvalue weighted by molar-refractivity contribution is 0.0631. The molecule has 1 aliphatic rings. The van der Waals surface area contributed by atoms with Crippen LogP contribution < -0.4 is 4.90 Å². The third-order valence-corrected chi connectivity index (χ3v) is 6.07. The molecule has 0 spiro atoms. The van der Waals surface area contributed by atoms with Gasteiger partial charge in [-0.1, -0.05) is 18.2 Å². The average Bonchev–Trinajstić information content (AvgIpc) is 3.53. The number of para-hydroxylation sites is 1. The van der Waals surface area contributed by atoms with Crippen LogP contribution in [-0.4, -0.2) is 27.6 Å². The maximum Gasteiger partial charge on any atom is 0.264 e. The molecule has 3 heterocycles. The van der Waals surface area contributed by atoms with Gasteiger partial charge in [0.2, 0.25) is 0 Å². The zero-order chi connectivity index (χ0) is 22.2. The number of nitrogens with zero attached hydrogens (tertiary/aromatic N) is 3. The third kappa shape index (κ3) is 3.40. The molecule has 1 aliphatic heterocycles. The largest absolute Gasteiger partial charge is 0.467 e. The first kappa shape index (κ1) is 19.9. The summed E-state index contributed by atoms with van der Waals surface area (Å²) in [5.74, 6) is -0.688. The molecule has 158 valence electrons. The van der Waals surface area contributed by atoms with Crippen molar-refractivity contribution in [2.45, 2.75) is 13.5 Å². The van der Waals surface area contributed by atoms with Gasteiger partial charge in [-0.3, -0.25) is 24.2 Å². The standard InChI is InChI=1S/C24H17N3O4S/c1-15-14-32-24(25-15)27(17-6-3-2-4-7-17)21(28)16-9-10-19-20(12-16)23(30)26(22(19)29)13-18-8-5-11-31-18/h2-12,14H,13H2,1H3. The van der Waals surface area contributed by atoms with E-state index in [4.69, 9.17) is 4.42 Å². The summed E-state index contributed by atoms with van der Waals surface area (Å²) in [5, 5.41) is 2.40. The van der Waals surface area contributed by atoms with Crippen LogP contribution >= 0.6 is 11.3 Å². The zero-order valence-corrected chi connectivity index (χ0v) is 17.8. The van der Waals surface area contributed by atoms with Gasteiger partial charge in [0, 0.05) is 10.9 Å². The summed E-state index contributed by atoms with van der Waals surface area (Å²) < 4.78 is 5.27. The second kappa shape index (κ2) is 7.90. The molecule has 0 radical (unpaired) electrons. The highest BCUT2D eigenvalue weighted by Crippen LogP contribution is 2.32. The highest BCUT2D eigenvalue weighted by atomic mass is 32.1. The normalized spacial score (nSPS) is 12.8. The van der Waals surface area contributed by atoms with Crippen molar-refractivity contribution in [1.29, 1.82) is 0 Å². The van der Waals surface area contributed by atoms with E-state index in [1.54, 1.807) is 18.2 Å². The van der Waals surface area contributed by atoms with Crippen LogP contribution in [0.1, 0.15) is 42.5 Å². The predicted octanol–water partition coefficient (Wildman–Crippen LogP) is 4.82. The van der Waals surface area contributed by atoms with Gasteiger partial charge >= 0.3 is 0 Å². The first-order chi connectivity index (χ1) is 15.5. The van der Waals surface area contributed by atoms with Crippen molar-refractivity contribution in [3.05, 3.63) is 100 Å². The molecule has 32 heavy (non-hydrogen) atoms. The Morgan fingerprint density at radius 2 is 1.81 bits per heavy atom. The number of benzene rings is 2. The fourth-order valence-corrected chi connectivity index (χ4v) is 4.41. The van der Waals surface area contributed by atoms with E-state index in [0.717, 1.165) is 10.6 Å². The molecule has 0 atom stereocenters. The fraction of sp³-hybridized carbons (Fsp3) is 0.0833. The predicted molar refractivity (Wildman–Crippen MR) is 119 cm³/mol. The van der Waals surface area contributed by atoms with Crippen LogP contribution in [0.5, 0.6) is 0 Å². The number of hydrogen-bond donors (Lipinski definition) is 0. The lowest BCUT2D eigenvalue weighted by Crippen LogP contribution is -2.29. The molecule has 2 aromatic heterocycles. The molecule has 0 unspecified atom stereocenters. The number of fused-ring (bicyclic) bond motifs is 1. The van der Waals surface area contributed by atoms with Crippen molar-refractivity contribution in [2.24, 2.45) is 0 Å². The first-order valence-corrected chi connectivity index (χ1v) is 10.7. The Hall–Kier alpha value is -4.04. The molecule has 0 bridgehead atoms. The van der Waals surface area contributed by atoms with Gasteiger partial charge in [0.15, 0.2) is 5.13 Å². The Balaban J connectivity index is 1.51. The number of furan rings is 1. The molecule has 0 N–H and O–H groups in total. The summed E-state index contributed by atoms with van der Waals surface area (Å²) in [6, 6.07) is 17.2. The van der Waals surface area contributed by atoms with Gasteiger partial charge < -0.3 is 4.42 Å². The Bertz CT molecular complexity index is 1330. The maximum atomic E-state index is 13.5. The Kier molecular flexibility index (Phi) is 4.91. The number of carbonyl (C=O) groups excluding carboxylic acids is 3. The van der Waals surface area contributed by atoms with Crippen molar-refractivity contribution in [2.75, 3.05) is 4.90 Å². The van der Waals surface area contributed by atoms with Crippen LogP contribution in [-0.2, 0) is 6.54 Å². The van der Waals surface area contributed by atoms with Gasteiger partial charge in [-0.2, -0.15) is 0 Å². The molecule has 5 rings (SSSR count).